The molecule has 3 rings (SSSR count). The maximum absolute atomic E-state index is 12.6. The Bertz CT molecular complexity index is 1430. The van der Waals surface area contributed by atoms with Crippen molar-refractivity contribution in [1.29, 1.82) is 0 Å². The molecule has 0 saturated carbocycles. The summed E-state index contributed by atoms with van der Waals surface area (Å²) in [4.78, 5) is 52.4. The van der Waals surface area contributed by atoms with Crippen LogP contribution in [0.3, 0.4) is 0 Å². The van der Waals surface area contributed by atoms with Gasteiger partial charge in [0.25, 0.3) is 27.7 Å². The van der Waals surface area contributed by atoms with Gasteiger partial charge in [-0.15, -0.1) is 0 Å². The summed E-state index contributed by atoms with van der Waals surface area (Å²) in [5.74, 6) is -2.69. The standard InChI is InChI=1S/C27H28N4O8S/c1-2-38-15-14-28-25(33)20-8-11-22(12-9-20)40(36,37)31-26(34)21-10-13-23(29-16-21)27(35)30-17-24(32)39-18-19-6-4-3-5-7-19/h3-13,16H,2,14-15,17-18H2,1H3,(H,28,33)(H,30,35)(H,31,34). The minimum Gasteiger partial charge on any atom is -0.460 e. The maximum Gasteiger partial charge on any atom is 0.325 e. The predicted molar refractivity (Wildman–Crippen MR) is 143 cm³/mol. The van der Waals surface area contributed by atoms with E-state index in [1.165, 1.54) is 36.4 Å². The number of rotatable bonds is 13. The van der Waals surface area contributed by atoms with Gasteiger partial charge in [-0.3, -0.25) is 24.2 Å². The molecule has 0 aliphatic heterocycles. The van der Waals surface area contributed by atoms with Crippen molar-refractivity contribution >= 4 is 33.7 Å². The molecule has 0 atom stereocenters. The first-order valence-electron chi connectivity index (χ1n) is 12.2. The molecular weight excluding hydrogens is 540 g/mol. The molecule has 3 amide bonds. The van der Waals surface area contributed by atoms with Crippen LogP contribution >= 0.6 is 0 Å². The smallest absolute Gasteiger partial charge is 0.325 e. The fourth-order valence-electron chi connectivity index (χ4n) is 3.20. The van der Waals surface area contributed by atoms with Crippen LogP contribution in [0.25, 0.3) is 0 Å². The Kier molecular flexibility index (Phi) is 10.9. The number of nitrogens with zero attached hydrogens (tertiary/aromatic N) is 1. The van der Waals surface area contributed by atoms with Gasteiger partial charge < -0.3 is 20.1 Å². The third-order valence-corrected chi connectivity index (χ3v) is 6.63. The fraction of sp³-hybridized carbons (Fsp3) is 0.222. The maximum atomic E-state index is 12.6. The summed E-state index contributed by atoms with van der Waals surface area (Å²) in [6.45, 7) is 2.69. The van der Waals surface area contributed by atoms with Crippen LogP contribution in [0.2, 0.25) is 0 Å². The molecule has 0 radical (unpaired) electrons. The molecule has 3 aromatic rings. The first kappa shape index (κ1) is 29.9. The molecule has 3 N–H and O–H groups in total. The monoisotopic (exact) mass is 568 g/mol. The lowest BCUT2D eigenvalue weighted by Gasteiger charge is -2.09. The molecule has 0 spiro atoms. The van der Waals surface area contributed by atoms with Crippen molar-refractivity contribution in [2.75, 3.05) is 26.3 Å². The highest BCUT2D eigenvalue weighted by Gasteiger charge is 2.20. The quantitative estimate of drug-likeness (QED) is 0.204. The zero-order chi connectivity index (χ0) is 29.0. The first-order chi connectivity index (χ1) is 19.2. The fourth-order valence-corrected chi connectivity index (χ4v) is 4.18. The third kappa shape index (κ3) is 8.99. The van der Waals surface area contributed by atoms with Crippen LogP contribution in [0.15, 0.2) is 77.8 Å². The summed E-state index contributed by atoms with van der Waals surface area (Å²) < 4.78 is 37.4. The topological polar surface area (TPSA) is 170 Å². The van der Waals surface area contributed by atoms with Gasteiger partial charge in [0.05, 0.1) is 17.1 Å². The van der Waals surface area contributed by atoms with E-state index in [2.05, 4.69) is 15.6 Å². The van der Waals surface area contributed by atoms with Gasteiger partial charge >= 0.3 is 5.97 Å². The minimum atomic E-state index is -4.25. The van der Waals surface area contributed by atoms with Gasteiger partial charge in [-0.1, -0.05) is 30.3 Å². The Hall–Kier alpha value is -4.62. The lowest BCUT2D eigenvalue weighted by molar-refractivity contribution is -0.143. The molecule has 0 aliphatic carbocycles. The summed E-state index contributed by atoms with van der Waals surface area (Å²) in [6, 6.07) is 16.5. The summed E-state index contributed by atoms with van der Waals surface area (Å²) in [5, 5.41) is 5.01. The van der Waals surface area contributed by atoms with E-state index in [-0.39, 0.29) is 34.9 Å². The van der Waals surface area contributed by atoms with Crippen molar-refractivity contribution in [3.05, 3.63) is 95.3 Å². The molecule has 2 aromatic carbocycles. The Morgan fingerprint density at radius 2 is 1.52 bits per heavy atom. The van der Waals surface area contributed by atoms with Gasteiger partial charge in [0.2, 0.25) is 0 Å². The van der Waals surface area contributed by atoms with Crippen molar-refractivity contribution in [1.82, 2.24) is 20.3 Å². The van der Waals surface area contributed by atoms with E-state index in [9.17, 15) is 27.6 Å². The molecule has 0 fully saturated rings. The second-order valence-electron chi connectivity index (χ2n) is 8.17. The summed E-state index contributed by atoms with van der Waals surface area (Å²) in [7, 11) is -4.25. The van der Waals surface area contributed by atoms with Crippen molar-refractivity contribution in [2.45, 2.75) is 18.4 Å². The highest BCUT2D eigenvalue weighted by molar-refractivity contribution is 7.90. The number of carbonyl (C=O) groups is 4. The second-order valence-corrected chi connectivity index (χ2v) is 9.86. The normalized spacial score (nSPS) is 10.8. The number of pyridine rings is 1. The van der Waals surface area contributed by atoms with Crippen molar-refractivity contribution < 1.29 is 37.1 Å². The van der Waals surface area contributed by atoms with Crippen LogP contribution in [0.4, 0.5) is 0 Å². The van der Waals surface area contributed by atoms with Gasteiger partial charge in [0.15, 0.2) is 0 Å². The van der Waals surface area contributed by atoms with Gasteiger partial charge in [0, 0.05) is 24.9 Å². The number of amides is 3. The molecule has 13 heteroatoms. The van der Waals surface area contributed by atoms with Crippen molar-refractivity contribution in [3.8, 4) is 0 Å². The van der Waals surface area contributed by atoms with Crippen LogP contribution in [0, 0.1) is 0 Å². The average Bonchev–Trinajstić information content (AvgIpc) is 2.97. The molecule has 12 nitrogen and oxygen atoms in total. The first-order valence-corrected chi connectivity index (χ1v) is 13.6. The average molecular weight is 569 g/mol. The lowest BCUT2D eigenvalue weighted by atomic mass is 10.2. The van der Waals surface area contributed by atoms with E-state index in [4.69, 9.17) is 9.47 Å². The van der Waals surface area contributed by atoms with Gasteiger partial charge in [-0.05, 0) is 48.9 Å². The highest BCUT2D eigenvalue weighted by Crippen LogP contribution is 2.12. The van der Waals surface area contributed by atoms with E-state index in [0.29, 0.717) is 19.8 Å². The number of benzene rings is 2. The molecular formula is C27H28N4O8S. The molecule has 1 heterocycles. The third-order valence-electron chi connectivity index (χ3n) is 5.28. The van der Waals surface area contributed by atoms with Gasteiger partial charge in [-0.2, -0.15) is 0 Å². The molecule has 1 aromatic heterocycles. The van der Waals surface area contributed by atoms with Crippen molar-refractivity contribution in [2.24, 2.45) is 0 Å². The highest BCUT2D eigenvalue weighted by atomic mass is 32.2. The number of carbonyl (C=O) groups excluding carboxylic acids is 4. The molecule has 0 unspecified atom stereocenters. The predicted octanol–water partition coefficient (Wildman–Crippen LogP) is 1.44. The Labute approximate surface area is 231 Å². The minimum absolute atomic E-state index is 0.0644. The zero-order valence-corrected chi connectivity index (χ0v) is 22.4. The molecule has 0 saturated heterocycles. The molecule has 210 valence electrons. The molecule has 40 heavy (non-hydrogen) atoms. The number of esters is 1. The Morgan fingerprint density at radius 1 is 0.825 bits per heavy atom. The van der Waals surface area contributed by atoms with E-state index < -0.39 is 33.7 Å². The van der Waals surface area contributed by atoms with Crippen LogP contribution in [-0.4, -0.2) is 63.4 Å². The number of hydrogen-bond donors (Lipinski definition) is 3. The van der Waals surface area contributed by atoms with E-state index in [1.54, 1.807) is 12.1 Å². The Morgan fingerprint density at radius 3 is 2.17 bits per heavy atom. The lowest BCUT2D eigenvalue weighted by Crippen LogP contribution is -2.32. The largest absolute Gasteiger partial charge is 0.460 e. The Balaban J connectivity index is 1.50. The number of ether oxygens (including phenoxy) is 2. The van der Waals surface area contributed by atoms with E-state index in [1.807, 2.05) is 29.8 Å². The van der Waals surface area contributed by atoms with Crippen molar-refractivity contribution in [3.63, 3.8) is 0 Å². The number of sulfonamides is 1. The second kappa shape index (κ2) is 14.5. The SMILES string of the molecule is CCOCCNC(=O)c1ccc(S(=O)(=O)NC(=O)c2ccc(C(=O)NCC(=O)OCc3ccccc3)nc2)cc1. The number of aromatic nitrogens is 1. The number of nitrogens with one attached hydrogen (secondary N) is 3. The molecule has 0 bridgehead atoms. The van der Waals surface area contributed by atoms with Gasteiger partial charge in [-0.25, -0.2) is 13.1 Å². The zero-order valence-electron chi connectivity index (χ0n) is 21.6. The summed E-state index contributed by atoms with van der Waals surface area (Å²) >= 11 is 0. The van der Waals surface area contributed by atoms with Crippen LogP contribution in [0.1, 0.15) is 43.7 Å². The molecule has 0 aliphatic rings. The van der Waals surface area contributed by atoms with E-state index >= 15 is 0 Å². The summed E-state index contributed by atoms with van der Waals surface area (Å²) in [5.41, 5.74) is 0.829. The van der Waals surface area contributed by atoms with Crippen LogP contribution in [0.5, 0.6) is 0 Å². The van der Waals surface area contributed by atoms with Crippen LogP contribution < -0.4 is 15.4 Å². The summed E-state index contributed by atoms with van der Waals surface area (Å²) in [6.07, 6.45) is 1.03. The van der Waals surface area contributed by atoms with Gasteiger partial charge in [0.1, 0.15) is 18.8 Å². The van der Waals surface area contributed by atoms with Crippen LogP contribution in [-0.2, 0) is 30.9 Å². The number of hydrogen-bond acceptors (Lipinski definition) is 9. The van der Waals surface area contributed by atoms with E-state index in [0.717, 1.165) is 11.8 Å².